The second-order valence-corrected chi connectivity index (χ2v) is 8.51. The highest BCUT2D eigenvalue weighted by Crippen LogP contribution is 2.31. The van der Waals surface area contributed by atoms with Crippen LogP contribution < -0.4 is 10.1 Å². The number of rotatable bonds is 3. The number of hydrogen-bond acceptors (Lipinski definition) is 5. The van der Waals surface area contributed by atoms with E-state index < -0.39 is 0 Å². The van der Waals surface area contributed by atoms with Gasteiger partial charge in [0.15, 0.2) is 0 Å². The number of fused-ring (bicyclic) bond motifs is 1. The minimum absolute atomic E-state index is 0.0170. The molecule has 160 valence electrons. The Morgan fingerprint density at radius 2 is 1.93 bits per heavy atom. The third-order valence-electron chi connectivity index (χ3n) is 5.97. The molecule has 0 aromatic heterocycles. The van der Waals surface area contributed by atoms with Crippen LogP contribution in [0.3, 0.4) is 0 Å². The van der Waals surface area contributed by atoms with E-state index in [1.54, 1.807) is 37.3 Å². The van der Waals surface area contributed by atoms with Gasteiger partial charge >= 0.3 is 0 Å². The number of nitrogens with one attached hydrogen (secondary N) is 1. The molecule has 3 atom stereocenters. The highest BCUT2D eigenvalue weighted by Gasteiger charge is 2.30. The van der Waals surface area contributed by atoms with E-state index in [9.17, 15) is 9.59 Å². The summed E-state index contributed by atoms with van der Waals surface area (Å²) in [5.74, 6) is 0.771. The molecule has 3 rings (SSSR count). The zero-order valence-corrected chi connectivity index (χ0v) is 18.1. The molecule has 0 radical (unpaired) electrons. The zero-order valence-electron chi connectivity index (χ0n) is 18.1. The van der Waals surface area contributed by atoms with E-state index in [-0.39, 0.29) is 35.8 Å². The third-order valence-corrected chi connectivity index (χ3v) is 5.97. The van der Waals surface area contributed by atoms with Gasteiger partial charge in [-0.15, -0.1) is 0 Å². The third kappa shape index (κ3) is 5.28. The Morgan fingerprint density at radius 3 is 2.59 bits per heavy atom. The maximum Gasteiger partial charge on any atom is 0.257 e. The van der Waals surface area contributed by atoms with Crippen LogP contribution in [-0.2, 0) is 9.53 Å². The highest BCUT2D eigenvalue weighted by molar-refractivity contribution is 6.00. The van der Waals surface area contributed by atoms with Gasteiger partial charge in [0, 0.05) is 44.9 Å². The molecule has 1 aromatic carbocycles. The van der Waals surface area contributed by atoms with Gasteiger partial charge in [0.2, 0.25) is 5.91 Å². The fourth-order valence-electron chi connectivity index (χ4n) is 3.63. The molecule has 1 aromatic rings. The smallest absolute Gasteiger partial charge is 0.257 e. The molecular formula is C22H33N3O4. The minimum atomic E-state index is -0.140. The van der Waals surface area contributed by atoms with Gasteiger partial charge < -0.3 is 19.7 Å². The number of benzene rings is 1. The van der Waals surface area contributed by atoms with Gasteiger partial charge in [0.1, 0.15) is 12.4 Å². The quantitative estimate of drug-likeness (QED) is 0.840. The number of ether oxygens (including phenoxy) is 2. The average molecular weight is 404 g/mol. The molecule has 1 saturated carbocycles. The lowest BCUT2D eigenvalue weighted by atomic mass is 10.0. The largest absolute Gasteiger partial charge is 0.491 e. The first kappa shape index (κ1) is 21.6. The fourth-order valence-corrected chi connectivity index (χ4v) is 3.63. The molecule has 2 aliphatic rings. The van der Waals surface area contributed by atoms with Gasteiger partial charge in [0.05, 0.1) is 11.7 Å². The fraction of sp³-hybridized carbons (Fsp3) is 0.636. The van der Waals surface area contributed by atoms with Gasteiger partial charge in [-0.05, 0) is 50.9 Å². The van der Waals surface area contributed by atoms with Crippen LogP contribution in [0.2, 0.25) is 0 Å². The molecule has 7 nitrogen and oxygen atoms in total. The van der Waals surface area contributed by atoms with Crippen LogP contribution in [0.25, 0.3) is 0 Å². The first-order valence-corrected chi connectivity index (χ1v) is 10.4. The maximum absolute atomic E-state index is 13.2. The molecule has 0 bridgehead atoms. The van der Waals surface area contributed by atoms with E-state index in [1.807, 2.05) is 0 Å². The summed E-state index contributed by atoms with van der Waals surface area (Å²) in [5.41, 5.74) is 1.08. The van der Waals surface area contributed by atoms with Crippen molar-refractivity contribution in [2.24, 2.45) is 11.8 Å². The van der Waals surface area contributed by atoms with Crippen molar-refractivity contribution in [3.63, 3.8) is 0 Å². The Labute approximate surface area is 173 Å². The van der Waals surface area contributed by atoms with Crippen molar-refractivity contribution in [3.05, 3.63) is 23.8 Å². The summed E-state index contributed by atoms with van der Waals surface area (Å²) in [4.78, 5) is 29.3. The highest BCUT2D eigenvalue weighted by atomic mass is 16.5. The summed E-state index contributed by atoms with van der Waals surface area (Å²) < 4.78 is 11.7. The normalized spacial score (nSPS) is 26.7. The van der Waals surface area contributed by atoms with Gasteiger partial charge in [0.25, 0.3) is 5.91 Å². The molecule has 0 unspecified atom stereocenters. The molecule has 1 fully saturated rings. The maximum atomic E-state index is 13.2. The molecule has 1 N–H and O–H groups in total. The van der Waals surface area contributed by atoms with E-state index in [4.69, 9.17) is 9.47 Å². The van der Waals surface area contributed by atoms with Crippen molar-refractivity contribution < 1.29 is 19.1 Å². The van der Waals surface area contributed by atoms with Crippen molar-refractivity contribution in [3.8, 4) is 5.75 Å². The summed E-state index contributed by atoms with van der Waals surface area (Å²) in [7, 11) is 5.55. The zero-order chi connectivity index (χ0) is 21.1. The number of nitrogens with zero attached hydrogens (tertiary/aromatic N) is 2. The summed E-state index contributed by atoms with van der Waals surface area (Å²) in [6.45, 7) is 6.06. The van der Waals surface area contributed by atoms with E-state index in [0.29, 0.717) is 30.2 Å². The number of carbonyl (C=O) groups excluding carboxylic acids is 2. The van der Waals surface area contributed by atoms with Crippen LogP contribution in [0.15, 0.2) is 18.2 Å². The van der Waals surface area contributed by atoms with E-state index >= 15 is 0 Å². The number of amides is 2. The molecule has 0 saturated heterocycles. The average Bonchev–Trinajstić information content (AvgIpc) is 3.54. The molecule has 1 heterocycles. The van der Waals surface area contributed by atoms with Gasteiger partial charge in [-0.25, -0.2) is 0 Å². The minimum Gasteiger partial charge on any atom is -0.491 e. The van der Waals surface area contributed by atoms with Crippen molar-refractivity contribution in [2.75, 3.05) is 46.2 Å². The monoisotopic (exact) mass is 403 g/mol. The van der Waals surface area contributed by atoms with E-state index in [0.717, 1.165) is 19.4 Å². The molecule has 1 aliphatic heterocycles. The number of methoxy groups -OCH3 is 1. The predicted octanol–water partition coefficient (Wildman–Crippen LogP) is 2.47. The predicted molar refractivity (Wildman–Crippen MR) is 112 cm³/mol. The lowest BCUT2D eigenvalue weighted by Gasteiger charge is -2.34. The van der Waals surface area contributed by atoms with Crippen molar-refractivity contribution in [1.82, 2.24) is 9.80 Å². The van der Waals surface area contributed by atoms with Gasteiger partial charge in [-0.3, -0.25) is 14.5 Å². The number of carbonyl (C=O) groups is 2. The standard InChI is InChI=1S/C22H33N3O4/c1-14-11-24(3)15(2)13-29-19-9-8-17(23-21(26)16-6-7-16)10-18(19)22(27)25(4)12-20(14)28-5/h8-10,14-16,20H,6-7,11-13H2,1-5H3,(H,23,26)/t14-,15-,20-/m1/s1. The summed E-state index contributed by atoms with van der Waals surface area (Å²) >= 11 is 0. The SMILES string of the molecule is CO[C@@H]1CN(C)C(=O)c2cc(NC(=O)C3CC3)ccc2OC[C@@H](C)N(C)C[C@H]1C. The molecule has 29 heavy (non-hydrogen) atoms. The summed E-state index contributed by atoms with van der Waals surface area (Å²) in [6.07, 6.45) is 1.80. The van der Waals surface area contributed by atoms with Crippen molar-refractivity contribution in [2.45, 2.75) is 38.8 Å². The van der Waals surface area contributed by atoms with Crippen LogP contribution in [0.5, 0.6) is 5.75 Å². The summed E-state index contributed by atoms with van der Waals surface area (Å²) in [5, 5.41) is 2.92. The number of likely N-dealkylation sites (N-methyl/N-ethyl adjacent to an activating group) is 2. The Morgan fingerprint density at radius 1 is 1.21 bits per heavy atom. The van der Waals surface area contributed by atoms with Crippen molar-refractivity contribution >= 4 is 17.5 Å². The molecule has 7 heteroatoms. The van der Waals surface area contributed by atoms with Crippen LogP contribution in [0, 0.1) is 11.8 Å². The van der Waals surface area contributed by atoms with E-state index in [2.05, 4.69) is 31.1 Å². The first-order chi connectivity index (χ1) is 13.8. The number of hydrogen-bond donors (Lipinski definition) is 1. The molecule has 0 spiro atoms. The Kier molecular flexibility index (Phi) is 6.80. The topological polar surface area (TPSA) is 71.1 Å². The van der Waals surface area contributed by atoms with Crippen molar-refractivity contribution in [1.29, 1.82) is 0 Å². The van der Waals surface area contributed by atoms with Gasteiger partial charge in [-0.1, -0.05) is 6.92 Å². The second-order valence-electron chi connectivity index (χ2n) is 8.51. The molecule has 2 amide bonds. The Hall–Kier alpha value is -2.12. The van der Waals surface area contributed by atoms with Crippen LogP contribution >= 0.6 is 0 Å². The first-order valence-electron chi connectivity index (χ1n) is 10.4. The van der Waals surface area contributed by atoms with Crippen LogP contribution in [-0.4, -0.2) is 74.7 Å². The lowest BCUT2D eigenvalue weighted by Crippen LogP contribution is -2.45. The summed E-state index contributed by atoms with van der Waals surface area (Å²) in [6, 6.07) is 5.48. The second kappa shape index (κ2) is 9.13. The van der Waals surface area contributed by atoms with E-state index in [1.165, 1.54) is 0 Å². The Balaban J connectivity index is 1.89. The lowest BCUT2D eigenvalue weighted by molar-refractivity contribution is -0.117. The van der Waals surface area contributed by atoms with Crippen LogP contribution in [0.4, 0.5) is 5.69 Å². The van der Waals surface area contributed by atoms with Crippen LogP contribution in [0.1, 0.15) is 37.0 Å². The number of anilines is 1. The van der Waals surface area contributed by atoms with Gasteiger partial charge in [-0.2, -0.15) is 0 Å². The molecule has 1 aliphatic carbocycles. The molecular weight excluding hydrogens is 370 g/mol. The Bertz CT molecular complexity index is 750.